The lowest BCUT2D eigenvalue weighted by atomic mass is 9.98. The molecule has 4 rings (SSSR count). The van der Waals surface area contributed by atoms with Crippen molar-refractivity contribution in [2.45, 2.75) is 38.2 Å². The maximum atomic E-state index is 12.7. The van der Waals surface area contributed by atoms with Gasteiger partial charge < -0.3 is 10.1 Å². The van der Waals surface area contributed by atoms with Crippen LogP contribution in [0.2, 0.25) is 0 Å². The highest BCUT2D eigenvalue weighted by molar-refractivity contribution is 8.26. The third-order valence-electron chi connectivity index (χ3n) is 4.89. The van der Waals surface area contributed by atoms with Gasteiger partial charge in [0, 0.05) is 11.6 Å². The Kier molecular flexibility index (Phi) is 6.81. The second-order valence-corrected chi connectivity index (χ2v) is 9.67. The molecule has 2 aromatic rings. The highest BCUT2D eigenvalue weighted by Gasteiger charge is 2.33. The van der Waals surface area contributed by atoms with Crippen LogP contribution >= 0.6 is 35.3 Å². The molecule has 1 aliphatic carbocycles. The predicted octanol–water partition coefficient (Wildman–Crippen LogP) is 4.69. The quantitative estimate of drug-likeness (QED) is 0.499. The Balaban J connectivity index is 1.37. The van der Waals surface area contributed by atoms with Crippen molar-refractivity contribution in [1.82, 2.24) is 9.88 Å². The first kappa shape index (κ1) is 21.0. The van der Waals surface area contributed by atoms with Gasteiger partial charge in [0.05, 0.1) is 11.0 Å². The number of hydrogen-bond donors (Lipinski definition) is 1. The zero-order valence-corrected chi connectivity index (χ0v) is 18.7. The van der Waals surface area contributed by atoms with E-state index in [0.29, 0.717) is 20.5 Å². The van der Waals surface area contributed by atoms with E-state index in [2.05, 4.69) is 10.3 Å². The van der Waals surface area contributed by atoms with Gasteiger partial charge in [0.2, 0.25) is 5.91 Å². The molecular formula is C21H21N3O3S3. The first-order valence-electron chi connectivity index (χ1n) is 9.80. The van der Waals surface area contributed by atoms with Crippen molar-refractivity contribution in [2.24, 2.45) is 0 Å². The molecule has 9 heteroatoms. The van der Waals surface area contributed by atoms with Crippen LogP contribution < -0.4 is 10.1 Å². The minimum absolute atomic E-state index is 0.129. The van der Waals surface area contributed by atoms with Gasteiger partial charge in [-0.05, 0) is 49.5 Å². The summed E-state index contributed by atoms with van der Waals surface area (Å²) in [5, 5.41) is 4.93. The number of anilines is 1. The average molecular weight is 460 g/mol. The Labute approximate surface area is 188 Å². The molecule has 2 aliphatic rings. The molecule has 0 unspecified atom stereocenters. The van der Waals surface area contributed by atoms with Gasteiger partial charge in [-0.1, -0.05) is 42.5 Å². The average Bonchev–Trinajstić information content (AvgIpc) is 3.34. The Morgan fingerprint density at radius 2 is 2.03 bits per heavy atom. The van der Waals surface area contributed by atoms with Crippen LogP contribution in [-0.4, -0.2) is 38.7 Å². The van der Waals surface area contributed by atoms with Gasteiger partial charge >= 0.3 is 0 Å². The van der Waals surface area contributed by atoms with Crippen molar-refractivity contribution in [3.8, 4) is 5.75 Å². The summed E-state index contributed by atoms with van der Waals surface area (Å²) in [6.45, 7) is -0.129. The smallest absolute Gasteiger partial charge is 0.266 e. The van der Waals surface area contributed by atoms with Gasteiger partial charge in [-0.15, -0.1) is 11.3 Å². The number of rotatable bonds is 6. The van der Waals surface area contributed by atoms with Gasteiger partial charge in [-0.3, -0.25) is 14.5 Å². The molecule has 1 N–H and O–H groups in total. The summed E-state index contributed by atoms with van der Waals surface area (Å²) in [4.78, 5) is 30.7. The van der Waals surface area contributed by atoms with Gasteiger partial charge in [0.15, 0.2) is 5.13 Å². The Bertz CT molecular complexity index is 952. The van der Waals surface area contributed by atoms with Gasteiger partial charge in [0.25, 0.3) is 5.91 Å². The molecule has 1 saturated carbocycles. The van der Waals surface area contributed by atoms with Crippen LogP contribution in [0.4, 0.5) is 5.13 Å². The molecule has 30 heavy (non-hydrogen) atoms. The molecule has 6 nitrogen and oxygen atoms in total. The van der Waals surface area contributed by atoms with Crippen molar-refractivity contribution in [3.63, 3.8) is 0 Å². The molecule has 0 bridgehead atoms. The molecule has 2 fully saturated rings. The summed E-state index contributed by atoms with van der Waals surface area (Å²) in [7, 11) is 0. The summed E-state index contributed by atoms with van der Waals surface area (Å²) in [6.07, 6.45) is 9.68. The SMILES string of the molecule is O=C(CN1C(=O)/C(=C/c2ccc(OC3CCCCC3)cc2)SC1=S)Nc1nccs1. The summed E-state index contributed by atoms with van der Waals surface area (Å²) >= 11 is 7.83. The fourth-order valence-electron chi connectivity index (χ4n) is 3.39. The van der Waals surface area contributed by atoms with E-state index < -0.39 is 0 Å². The predicted molar refractivity (Wildman–Crippen MR) is 125 cm³/mol. The molecule has 0 atom stereocenters. The van der Waals surface area contributed by atoms with E-state index in [9.17, 15) is 9.59 Å². The van der Waals surface area contributed by atoms with E-state index in [0.717, 1.165) is 24.2 Å². The minimum atomic E-state index is -0.327. The third-order valence-corrected chi connectivity index (χ3v) is 6.95. The van der Waals surface area contributed by atoms with Gasteiger partial charge in [-0.25, -0.2) is 4.98 Å². The number of thiocarbonyl (C=S) groups is 1. The van der Waals surface area contributed by atoms with Crippen LogP contribution in [0.5, 0.6) is 5.75 Å². The highest BCUT2D eigenvalue weighted by atomic mass is 32.2. The van der Waals surface area contributed by atoms with E-state index in [4.69, 9.17) is 17.0 Å². The minimum Gasteiger partial charge on any atom is -0.490 e. The van der Waals surface area contributed by atoms with E-state index in [1.807, 2.05) is 24.3 Å². The zero-order chi connectivity index (χ0) is 20.9. The molecule has 0 radical (unpaired) electrons. The van der Waals surface area contributed by atoms with E-state index in [1.165, 1.54) is 47.3 Å². The topological polar surface area (TPSA) is 71.5 Å². The number of hydrogen-bond acceptors (Lipinski definition) is 7. The first-order valence-corrected chi connectivity index (χ1v) is 11.9. The van der Waals surface area contributed by atoms with Crippen molar-refractivity contribution < 1.29 is 14.3 Å². The number of ether oxygens (including phenoxy) is 1. The van der Waals surface area contributed by atoms with Crippen molar-refractivity contribution in [2.75, 3.05) is 11.9 Å². The molecule has 1 aliphatic heterocycles. The number of carbonyl (C=O) groups excluding carboxylic acids is 2. The number of benzene rings is 1. The number of carbonyl (C=O) groups is 2. The fraction of sp³-hybridized carbons (Fsp3) is 0.333. The summed E-state index contributed by atoms with van der Waals surface area (Å²) in [6, 6.07) is 7.73. The van der Waals surface area contributed by atoms with Crippen LogP contribution in [0.15, 0.2) is 40.7 Å². The van der Waals surface area contributed by atoms with Crippen LogP contribution in [0.1, 0.15) is 37.7 Å². The van der Waals surface area contributed by atoms with E-state index in [-0.39, 0.29) is 18.4 Å². The Morgan fingerprint density at radius 3 is 2.73 bits per heavy atom. The van der Waals surface area contributed by atoms with Gasteiger partial charge in [0.1, 0.15) is 16.6 Å². The zero-order valence-electron chi connectivity index (χ0n) is 16.2. The summed E-state index contributed by atoms with van der Waals surface area (Å²) < 4.78 is 6.42. The third kappa shape index (κ3) is 5.27. The van der Waals surface area contributed by atoms with Crippen LogP contribution in [-0.2, 0) is 9.59 Å². The standard InChI is InChI=1S/C21H21N3O3S3/c25-18(23-20-22-10-11-29-20)13-24-19(26)17(30-21(24)28)12-14-6-8-16(9-7-14)27-15-4-2-1-3-5-15/h6-12,15H,1-5,13H2,(H,22,23,25)/b17-12-. The van der Waals surface area contributed by atoms with Crippen molar-refractivity contribution >= 4 is 62.7 Å². The van der Waals surface area contributed by atoms with Gasteiger partial charge in [-0.2, -0.15) is 0 Å². The number of amides is 2. The van der Waals surface area contributed by atoms with E-state index in [1.54, 1.807) is 17.7 Å². The monoisotopic (exact) mass is 459 g/mol. The largest absolute Gasteiger partial charge is 0.490 e. The molecule has 2 heterocycles. The first-order chi connectivity index (χ1) is 14.6. The number of nitrogens with one attached hydrogen (secondary N) is 1. The second-order valence-electron chi connectivity index (χ2n) is 7.10. The van der Waals surface area contributed by atoms with Crippen LogP contribution in [0.25, 0.3) is 6.08 Å². The summed E-state index contributed by atoms with van der Waals surface area (Å²) in [5.41, 5.74) is 0.888. The Morgan fingerprint density at radius 1 is 1.27 bits per heavy atom. The fourth-order valence-corrected chi connectivity index (χ4v) is 5.19. The molecule has 1 aromatic heterocycles. The number of nitrogens with zero attached hydrogens (tertiary/aromatic N) is 2. The number of thiazole rings is 1. The second kappa shape index (κ2) is 9.72. The molecule has 1 aromatic carbocycles. The number of thioether (sulfide) groups is 1. The van der Waals surface area contributed by atoms with E-state index >= 15 is 0 Å². The highest BCUT2D eigenvalue weighted by Crippen LogP contribution is 2.33. The molecule has 1 saturated heterocycles. The molecular weight excluding hydrogens is 438 g/mol. The van der Waals surface area contributed by atoms with Crippen LogP contribution in [0.3, 0.4) is 0 Å². The van der Waals surface area contributed by atoms with Crippen molar-refractivity contribution in [1.29, 1.82) is 0 Å². The molecule has 0 spiro atoms. The maximum absolute atomic E-state index is 12.7. The lowest BCUT2D eigenvalue weighted by Crippen LogP contribution is -2.36. The number of aromatic nitrogens is 1. The lowest BCUT2D eigenvalue weighted by Gasteiger charge is -2.22. The lowest BCUT2D eigenvalue weighted by molar-refractivity contribution is -0.126. The maximum Gasteiger partial charge on any atom is 0.266 e. The molecule has 2 amide bonds. The van der Waals surface area contributed by atoms with Crippen molar-refractivity contribution in [3.05, 3.63) is 46.3 Å². The summed E-state index contributed by atoms with van der Waals surface area (Å²) in [5.74, 6) is 0.263. The van der Waals surface area contributed by atoms with Crippen LogP contribution in [0, 0.1) is 0 Å². The molecule has 156 valence electrons. The Hall–Kier alpha value is -2.23. The normalized spacial score (nSPS) is 18.8.